The number of carbonyl (C=O) groups is 2. The highest BCUT2D eigenvalue weighted by molar-refractivity contribution is 6.21. The number of hydrogen-bond donors (Lipinski definition) is 2. The molecule has 0 spiro atoms. The molecule has 5 heteroatoms. The van der Waals surface area contributed by atoms with Crippen LogP contribution in [0.1, 0.15) is 38.7 Å². The van der Waals surface area contributed by atoms with Crippen molar-refractivity contribution < 1.29 is 14.7 Å². The fourth-order valence-corrected chi connectivity index (χ4v) is 2.99. The summed E-state index contributed by atoms with van der Waals surface area (Å²) in [5.74, 6) is -0.480. The predicted octanol–water partition coefficient (Wildman–Crippen LogP) is 2.00. The van der Waals surface area contributed by atoms with Crippen LogP contribution in [0.3, 0.4) is 0 Å². The first-order valence-corrected chi connectivity index (χ1v) is 8.07. The summed E-state index contributed by atoms with van der Waals surface area (Å²) < 4.78 is 0. The van der Waals surface area contributed by atoms with Crippen molar-refractivity contribution in [1.29, 1.82) is 0 Å². The van der Waals surface area contributed by atoms with Crippen LogP contribution in [-0.4, -0.2) is 41.5 Å². The van der Waals surface area contributed by atoms with Crippen LogP contribution in [0.25, 0.3) is 0 Å². The fraction of sp³-hybridized carbons (Fsp3) is 0.263. The Morgan fingerprint density at radius 3 is 2.08 bits per heavy atom. The van der Waals surface area contributed by atoms with Crippen molar-refractivity contribution >= 4 is 11.8 Å². The maximum absolute atomic E-state index is 12.3. The smallest absolute Gasteiger partial charge is 0.261 e. The van der Waals surface area contributed by atoms with E-state index in [1.54, 1.807) is 24.3 Å². The number of hydrogen-bond acceptors (Lipinski definition) is 4. The third-order valence-corrected chi connectivity index (χ3v) is 4.22. The van der Waals surface area contributed by atoms with Gasteiger partial charge >= 0.3 is 0 Å². The summed E-state index contributed by atoms with van der Waals surface area (Å²) in [6.45, 7) is 0.853. The minimum atomic E-state index is -0.240. The van der Waals surface area contributed by atoms with Gasteiger partial charge in [-0.2, -0.15) is 0 Å². The van der Waals surface area contributed by atoms with Crippen LogP contribution in [0.15, 0.2) is 54.6 Å². The molecule has 2 aromatic rings. The molecule has 0 aromatic heterocycles. The molecule has 2 N–H and O–H groups in total. The lowest BCUT2D eigenvalue weighted by Crippen LogP contribution is -2.37. The highest BCUT2D eigenvalue weighted by Crippen LogP contribution is 2.22. The van der Waals surface area contributed by atoms with E-state index in [0.29, 0.717) is 30.6 Å². The molecular formula is C19H20N2O3. The Hall–Kier alpha value is -2.50. The topological polar surface area (TPSA) is 69.6 Å². The maximum atomic E-state index is 12.3. The Bertz CT molecular complexity index is 695. The first kappa shape index (κ1) is 16.4. The van der Waals surface area contributed by atoms with Gasteiger partial charge in [0, 0.05) is 25.7 Å². The molecule has 24 heavy (non-hydrogen) atoms. The van der Waals surface area contributed by atoms with Crippen molar-refractivity contribution in [3.63, 3.8) is 0 Å². The summed E-state index contributed by atoms with van der Waals surface area (Å²) in [5, 5.41) is 12.6. The predicted molar refractivity (Wildman–Crippen MR) is 90.7 cm³/mol. The summed E-state index contributed by atoms with van der Waals surface area (Å²) in [4.78, 5) is 25.9. The molecule has 0 bridgehead atoms. The van der Waals surface area contributed by atoms with Gasteiger partial charge in [-0.3, -0.25) is 14.5 Å². The third kappa shape index (κ3) is 3.22. The number of imide groups is 1. The van der Waals surface area contributed by atoms with Gasteiger partial charge in [0.15, 0.2) is 0 Å². The first-order valence-electron chi connectivity index (χ1n) is 8.07. The van der Waals surface area contributed by atoms with Gasteiger partial charge in [-0.15, -0.1) is 0 Å². The Morgan fingerprint density at radius 2 is 1.50 bits per heavy atom. The van der Waals surface area contributed by atoms with Crippen LogP contribution >= 0.6 is 0 Å². The van der Waals surface area contributed by atoms with Crippen molar-refractivity contribution in [1.82, 2.24) is 10.2 Å². The number of nitrogens with one attached hydrogen (secondary N) is 1. The summed E-state index contributed by atoms with van der Waals surface area (Å²) in [6, 6.07) is 16.7. The van der Waals surface area contributed by atoms with Crippen LogP contribution in [0.2, 0.25) is 0 Å². The van der Waals surface area contributed by atoms with E-state index in [0.717, 1.165) is 5.56 Å². The van der Waals surface area contributed by atoms with Crippen LogP contribution in [0.4, 0.5) is 0 Å². The highest BCUT2D eigenvalue weighted by Gasteiger charge is 2.34. The SMILES string of the molecule is O=C1c2ccccc2C(=O)N1CCNC(CCO)c1ccccc1. The molecule has 1 aliphatic heterocycles. The number of amides is 2. The fourth-order valence-electron chi connectivity index (χ4n) is 2.99. The molecule has 1 aliphatic rings. The summed E-state index contributed by atoms with van der Waals surface area (Å²) in [5.41, 5.74) is 2.02. The molecule has 1 unspecified atom stereocenters. The van der Waals surface area contributed by atoms with Crippen molar-refractivity contribution in [2.45, 2.75) is 12.5 Å². The molecule has 0 radical (unpaired) electrons. The van der Waals surface area contributed by atoms with Gasteiger partial charge in [0.25, 0.3) is 11.8 Å². The van der Waals surface area contributed by atoms with Crippen molar-refractivity contribution in [2.75, 3.05) is 19.7 Å². The first-order chi connectivity index (χ1) is 11.7. The van der Waals surface area contributed by atoms with Gasteiger partial charge in [-0.1, -0.05) is 42.5 Å². The average molecular weight is 324 g/mol. The maximum Gasteiger partial charge on any atom is 0.261 e. The van der Waals surface area contributed by atoms with Crippen LogP contribution in [0, 0.1) is 0 Å². The number of aliphatic hydroxyl groups excluding tert-OH is 1. The van der Waals surface area contributed by atoms with Gasteiger partial charge in [0.1, 0.15) is 0 Å². The monoisotopic (exact) mass is 324 g/mol. The summed E-state index contributed by atoms with van der Waals surface area (Å²) in [7, 11) is 0. The average Bonchev–Trinajstić information content (AvgIpc) is 2.87. The third-order valence-electron chi connectivity index (χ3n) is 4.22. The van der Waals surface area contributed by atoms with Gasteiger partial charge < -0.3 is 10.4 Å². The minimum Gasteiger partial charge on any atom is -0.396 e. The number of nitrogens with zero attached hydrogens (tertiary/aromatic N) is 1. The van der Waals surface area contributed by atoms with Crippen LogP contribution in [-0.2, 0) is 0 Å². The van der Waals surface area contributed by atoms with Crippen molar-refractivity contribution in [2.24, 2.45) is 0 Å². The number of benzene rings is 2. The Morgan fingerprint density at radius 1 is 0.917 bits per heavy atom. The molecule has 2 aromatic carbocycles. The van der Waals surface area contributed by atoms with Crippen LogP contribution in [0.5, 0.6) is 0 Å². The second kappa shape index (κ2) is 7.38. The van der Waals surface area contributed by atoms with Crippen molar-refractivity contribution in [3.8, 4) is 0 Å². The molecule has 124 valence electrons. The lowest BCUT2D eigenvalue weighted by Gasteiger charge is -2.20. The molecule has 5 nitrogen and oxygen atoms in total. The summed E-state index contributed by atoms with van der Waals surface area (Å²) >= 11 is 0. The molecule has 0 fully saturated rings. The Balaban J connectivity index is 1.62. The molecule has 3 rings (SSSR count). The second-order valence-electron chi connectivity index (χ2n) is 5.74. The standard InChI is InChI=1S/C19H20N2O3/c22-13-10-17(14-6-2-1-3-7-14)20-11-12-21-18(23)15-8-4-5-9-16(15)19(21)24/h1-9,17,20,22H,10-13H2. The number of carbonyl (C=O) groups excluding carboxylic acids is 2. The zero-order valence-corrected chi connectivity index (χ0v) is 13.3. The molecular weight excluding hydrogens is 304 g/mol. The van der Waals surface area contributed by atoms with E-state index in [2.05, 4.69) is 5.32 Å². The van der Waals surface area contributed by atoms with E-state index in [4.69, 9.17) is 0 Å². The van der Waals surface area contributed by atoms with Gasteiger partial charge in [0.2, 0.25) is 0 Å². The highest BCUT2D eigenvalue weighted by atomic mass is 16.3. The lowest BCUT2D eigenvalue weighted by molar-refractivity contribution is 0.0653. The molecule has 2 amide bonds. The van der Waals surface area contributed by atoms with E-state index >= 15 is 0 Å². The molecule has 1 heterocycles. The lowest BCUT2D eigenvalue weighted by atomic mass is 10.0. The van der Waals surface area contributed by atoms with E-state index in [1.165, 1.54) is 4.90 Å². The van der Waals surface area contributed by atoms with Crippen molar-refractivity contribution in [3.05, 3.63) is 71.3 Å². The minimum absolute atomic E-state index is 0.00798. The van der Waals surface area contributed by atoms with Gasteiger partial charge in [-0.05, 0) is 24.1 Å². The van der Waals surface area contributed by atoms with E-state index in [-0.39, 0.29) is 24.5 Å². The van der Waals surface area contributed by atoms with Crippen LogP contribution < -0.4 is 5.32 Å². The molecule has 0 aliphatic carbocycles. The largest absolute Gasteiger partial charge is 0.396 e. The Labute approximate surface area is 140 Å². The van der Waals surface area contributed by atoms with Gasteiger partial charge in [-0.25, -0.2) is 0 Å². The second-order valence-corrected chi connectivity index (χ2v) is 5.74. The summed E-state index contributed by atoms with van der Waals surface area (Å²) in [6.07, 6.45) is 0.576. The van der Waals surface area contributed by atoms with Gasteiger partial charge in [0.05, 0.1) is 11.1 Å². The van der Waals surface area contributed by atoms with E-state index in [9.17, 15) is 14.7 Å². The zero-order chi connectivity index (χ0) is 16.9. The van der Waals surface area contributed by atoms with E-state index in [1.807, 2.05) is 30.3 Å². The number of fused-ring (bicyclic) bond motifs is 1. The number of aliphatic hydroxyl groups is 1. The van der Waals surface area contributed by atoms with E-state index < -0.39 is 0 Å². The normalized spacial score (nSPS) is 14.8. The molecule has 0 saturated carbocycles. The quantitative estimate of drug-likeness (QED) is 0.764. The molecule has 0 saturated heterocycles. The zero-order valence-electron chi connectivity index (χ0n) is 13.3. The molecule has 1 atom stereocenters. The number of rotatable bonds is 7. The Kier molecular flexibility index (Phi) is 5.03.